The number of fused-ring (bicyclic) bond motifs is 1. The summed E-state index contributed by atoms with van der Waals surface area (Å²) in [5.41, 5.74) is 0.518. The van der Waals surface area contributed by atoms with E-state index in [0.717, 1.165) is 20.9 Å². The first-order valence-corrected chi connectivity index (χ1v) is 8.66. The predicted octanol–water partition coefficient (Wildman–Crippen LogP) is 3.96. The van der Waals surface area contributed by atoms with E-state index in [1.807, 2.05) is 0 Å². The van der Waals surface area contributed by atoms with E-state index >= 15 is 0 Å². The summed E-state index contributed by atoms with van der Waals surface area (Å²) in [4.78, 5) is 16.7. The van der Waals surface area contributed by atoms with E-state index in [9.17, 15) is 9.18 Å². The third-order valence-corrected chi connectivity index (χ3v) is 5.06. The van der Waals surface area contributed by atoms with Gasteiger partial charge in [-0.05, 0) is 30.3 Å². The Morgan fingerprint density at radius 1 is 1.35 bits per heavy atom. The first-order chi connectivity index (χ1) is 11.0. The highest BCUT2D eigenvalue weighted by Gasteiger charge is 2.13. The summed E-state index contributed by atoms with van der Waals surface area (Å²) >= 11 is 10.5. The van der Waals surface area contributed by atoms with Gasteiger partial charge in [-0.15, -0.1) is 0 Å². The Morgan fingerprint density at radius 2 is 2.13 bits per heavy atom. The number of benzene rings is 2. The number of thioether (sulfide) groups is 1. The van der Waals surface area contributed by atoms with Gasteiger partial charge in [0.05, 0.1) is 10.9 Å². The number of halogens is 3. The van der Waals surface area contributed by atoms with Gasteiger partial charge in [0, 0.05) is 20.8 Å². The number of nitrogen functional groups attached to an aromatic ring is 1. The molecule has 3 aromatic rings. The summed E-state index contributed by atoms with van der Waals surface area (Å²) in [7, 11) is 0. The van der Waals surface area contributed by atoms with E-state index in [2.05, 4.69) is 20.9 Å². The molecule has 0 aliphatic carbocycles. The van der Waals surface area contributed by atoms with Crippen molar-refractivity contribution in [3.63, 3.8) is 0 Å². The monoisotopic (exact) mass is 413 g/mol. The molecule has 0 fully saturated rings. The minimum absolute atomic E-state index is 0.219. The average molecular weight is 415 g/mol. The van der Waals surface area contributed by atoms with Gasteiger partial charge < -0.3 is 5.84 Å². The number of nitrogens with zero attached hydrogens (tertiary/aromatic N) is 2. The van der Waals surface area contributed by atoms with Crippen LogP contribution in [0.25, 0.3) is 10.9 Å². The summed E-state index contributed by atoms with van der Waals surface area (Å²) in [5, 5.41) is 1.03. The van der Waals surface area contributed by atoms with Gasteiger partial charge in [-0.25, -0.2) is 14.1 Å². The maximum absolute atomic E-state index is 13.8. The van der Waals surface area contributed by atoms with Crippen molar-refractivity contribution in [3.8, 4) is 0 Å². The van der Waals surface area contributed by atoms with Crippen LogP contribution in [0.1, 0.15) is 5.56 Å². The van der Waals surface area contributed by atoms with Crippen LogP contribution in [-0.4, -0.2) is 9.66 Å². The lowest BCUT2D eigenvalue weighted by molar-refractivity contribution is 0.617. The van der Waals surface area contributed by atoms with E-state index in [4.69, 9.17) is 17.4 Å². The molecule has 4 nitrogen and oxygen atoms in total. The van der Waals surface area contributed by atoms with Crippen molar-refractivity contribution in [2.24, 2.45) is 0 Å². The number of nitrogens with two attached hydrogens (primary N) is 1. The normalized spacial score (nSPS) is 11.1. The van der Waals surface area contributed by atoms with Crippen molar-refractivity contribution in [1.29, 1.82) is 0 Å². The number of hydrogen-bond acceptors (Lipinski definition) is 4. The molecule has 0 amide bonds. The van der Waals surface area contributed by atoms with Gasteiger partial charge in [-0.1, -0.05) is 45.4 Å². The smallest absolute Gasteiger partial charge is 0.280 e. The second kappa shape index (κ2) is 6.51. The predicted molar refractivity (Wildman–Crippen MR) is 94.8 cm³/mol. The summed E-state index contributed by atoms with van der Waals surface area (Å²) < 4.78 is 15.5. The van der Waals surface area contributed by atoms with Crippen LogP contribution in [-0.2, 0) is 5.75 Å². The summed E-state index contributed by atoms with van der Waals surface area (Å²) in [6.45, 7) is 0. The van der Waals surface area contributed by atoms with E-state index < -0.39 is 5.82 Å². The third-order valence-electron chi connectivity index (χ3n) is 3.24. The molecular formula is C15H10BrClFN3OS. The van der Waals surface area contributed by atoms with E-state index in [1.165, 1.54) is 12.1 Å². The molecule has 0 atom stereocenters. The molecule has 0 radical (unpaired) electrons. The zero-order chi connectivity index (χ0) is 16.6. The highest BCUT2D eigenvalue weighted by atomic mass is 79.9. The summed E-state index contributed by atoms with van der Waals surface area (Å²) in [5.74, 6) is 5.64. The molecule has 1 heterocycles. The fourth-order valence-corrected chi connectivity index (χ4v) is 3.68. The van der Waals surface area contributed by atoms with Crippen LogP contribution >= 0.6 is 39.3 Å². The van der Waals surface area contributed by atoms with Crippen molar-refractivity contribution >= 4 is 50.2 Å². The molecule has 2 N–H and O–H groups in total. The second-order valence-corrected chi connectivity index (χ2v) is 6.99. The average Bonchev–Trinajstić information content (AvgIpc) is 2.52. The molecule has 3 rings (SSSR count). The molecule has 0 spiro atoms. The Bertz CT molecular complexity index is 943. The van der Waals surface area contributed by atoms with Crippen LogP contribution in [0.5, 0.6) is 0 Å². The lowest BCUT2D eigenvalue weighted by Crippen LogP contribution is -2.29. The molecule has 0 aliphatic heterocycles. The number of aromatic nitrogens is 2. The molecule has 0 aliphatic rings. The van der Waals surface area contributed by atoms with Gasteiger partial charge in [-0.3, -0.25) is 4.79 Å². The Balaban J connectivity index is 1.99. The van der Waals surface area contributed by atoms with Crippen LogP contribution in [0.2, 0.25) is 5.02 Å². The fourth-order valence-electron chi connectivity index (χ4n) is 2.06. The Morgan fingerprint density at radius 3 is 2.87 bits per heavy atom. The van der Waals surface area contributed by atoms with Gasteiger partial charge in [0.1, 0.15) is 5.82 Å². The highest BCUT2D eigenvalue weighted by Crippen LogP contribution is 2.27. The topological polar surface area (TPSA) is 60.9 Å². The molecule has 23 heavy (non-hydrogen) atoms. The quantitative estimate of drug-likeness (QED) is 0.400. The number of hydrogen-bond donors (Lipinski definition) is 1. The summed E-state index contributed by atoms with van der Waals surface area (Å²) in [6, 6.07) is 9.66. The van der Waals surface area contributed by atoms with Gasteiger partial charge >= 0.3 is 0 Å². The Labute approximate surface area is 148 Å². The van der Waals surface area contributed by atoms with Gasteiger partial charge in [0.15, 0.2) is 5.16 Å². The minimum Gasteiger partial charge on any atom is -0.334 e. The zero-order valence-corrected chi connectivity index (χ0v) is 14.8. The Kier molecular flexibility index (Phi) is 4.61. The molecule has 1 aromatic heterocycles. The van der Waals surface area contributed by atoms with Crippen LogP contribution in [0.4, 0.5) is 4.39 Å². The maximum Gasteiger partial charge on any atom is 0.280 e. The molecule has 0 saturated heterocycles. The molecule has 0 saturated carbocycles. The van der Waals surface area contributed by atoms with E-state index in [0.29, 0.717) is 26.6 Å². The van der Waals surface area contributed by atoms with Crippen LogP contribution in [0.15, 0.2) is 50.8 Å². The van der Waals surface area contributed by atoms with Gasteiger partial charge in [0.2, 0.25) is 0 Å². The first-order valence-electron chi connectivity index (χ1n) is 6.50. The minimum atomic E-state index is -0.402. The lowest BCUT2D eigenvalue weighted by atomic mass is 10.2. The van der Waals surface area contributed by atoms with Crippen LogP contribution in [0.3, 0.4) is 0 Å². The zero-order valence-electron chi connectivity index (χ0n) is 11.6. The SMILES string of the molecule is Nn1c(SCc2c(F)cccc2Cl)nc2ccc(Br)cc2c1=O. The third kappa shape index (κ3) is 3.22. The van der Waals surface area contributed by atoms with Crippen molar-refractivity contribution in [1.82, 2.24) is 9.66 Å². The highest BCUT2D eigenvalue weighted by molar-refractivity contribution is 9.10. The molecule has 2 aromatic carbocycles. The second-order valence-electron chi connectivity index (χ2n) is 4.72. The molecule has 0 bridgehead atoms. The number of rotatable bonds is 3. The fraction of sp³-hybridized carbons (Fsp3) is 0.0667. The van der Waals surface area contributed by atoms with E-state index in [1.54, 1.807) is 24.3 Å². The maximum atomic E-state index is 13.8. The molecule has 0 unspecified atom stereocenters. The van der Waals surface area contributed by atoms with Crippen molar-refractivity contribution < 1.29 is 4.39 Å². The van der Waals surface area contributed by atoms with Crippen molar-refractivity contribution in [3.05, 3.63) is 67.6 Å². The molecule has 8 heteroatoms. The lowest BCUT2D eigenvalue weighted by Gasteiger charge is -2.09. The van der Waals surface area contributed by atoms with Crippen LogP contribution in [0, 0.1) is 5.82 Å². The molecular weight excluding hydrogens is 405 g/mol. The van der Waals surface area contributed by atoms with E-state index in [-0.39, 0.29) is 11.3 Å². The first kappa shape index (κ1) is 16.3. The van der Waals surface area contributed by atoms with Gasteiger partial charge in [0.25, 0.3) is 5.56 Å². The van der Waals surface area contributed by atoms with Crippen molar-refractivity contribution in [2.45, 2.75) is 10.9 Å². The molecule has 118 valence electrons. The Hall–Kier alpha value is -1.57. The van der Waals surface area contributed by atoms with Crippen LogP contribution < -0.4 is 11.4 Å². The summed E-state index contributed by atoms with van der Waals surface area (Å²) in [6.07, 6.45) is 0. The standard InChI is InChI=1S/C15H10BrClFN3OS/c16-8-4-5-13-9(6-8)14(22)21(19)15(20-13)23-7-10-11(17)2-1-3-12(10)18/h1-6H,7,19H2. The van der Waals surface area contributed by atoms with Crippen molar-refractivity contribution in [2.75, 3.05) is 5.84 Å². The van der Waals surface area contributed by atoms with Gasteiger partial charge in [-0.2, -0.15) is 0 Å². The largest absolute Gasteiger partial charge is 0.334 e.